The molecule has 0 aliphatic heterocycles. The van der Waals surface area contributed by atoms with Crippen molar-refractivity contribution in [1.29, 1.82) is 0 Å². The summed E-state index contributed by atoms with van der Waals surface area (Å²) < 4.78 is 17.8. The Morgan fingerprint density at radius 1 is 1.00 bits per heavy atom. The Hall–Kier alpha value is -1.20. The third-order valence-electron chi connectivity index (χ3n) is 3.00. The summed E-state index contributed by atoms with van der Waals surface area (Å²) in [4.78, 5) is 0. The first kappa shape index (κ1) is 16.2. The topological polar surface area (TPSA) is 27.7 Å². The molecule has 0 amide bonds. The van der Waals surface area contributed by atoms with Gasteiger partial charge in [-0.3, -0.25) is 0 Å². The zero-order valence-electron chi connectivity index (χ0n) is 11.9. The number of hydrogen-bond donors (Lipinski definition) is 0. The maximum Gasteiger partial charge on any atom is 0.203 e. The van der Waals surface area contributed by atoms with Crippen LogP contribution in [-0.4, -0.2) is 14.2 Å². The number of ether oxygens (including phenoxy) is 3. The van der Waals surface area contributed by atoms with Gasteiger partial charge in [-0.15, -0.1) is 0 Å². The molecule has 21 heavy (non-hydrogen) atoms. The maximum absolute atomic E-state index is 5.92. The standard InChI is InChI=1S/C16H16Br2O3/c1-19-14-7-11(9-17)8-15(20-2)16(14)21-10-12-5-3-4-6-13(12)18/h3-8H,9-10H2,1-2H3. The second-order valence-electron chi connectivity index (χ2n) is 4.34. The molecular weight excluding hydrogens is 400 g/mol. The lowest BCUT2D eigenvalue weighted by atomic mass is 10.2. The highest BCUT2D eigenvalue weighted by Crippen LogP contribution is 2.39. The summed E-state index contributed by atoms with van der Waals surface area (Å²) in [6.07, 6.45) is 0. The van der Waals surface area contributed by atoms with E-state index in [0.717, 1.165) is 20.9 Å². The molecule has 0 saturated carbocycles. The van der Waals surface area contributed by atoms with Gasteiger partial charge in [-0.1, -0.05) is 50.1 Å². The van der Waals surface area contributed by atoms with Crippen LogP contribution in [0, 0.1) is 0 Å². The van der Waals surface area contributed by atoms with Crippen molar-refractivity contribution in [1.82, 2.24) is 0 Å². The largest absolute Gasteiger partial charge is 0.493 e. The van der Waals surface area contributed by atoms with E-state index in [-0.39, 0.29) is 0 Å². The quantitative estimate of drug-likeness (QED) is 0.625. The molecule has 0 saturated heterocycles. The normalized spacial score (nSPS) is 10.3. The molecule has 0 bridgehead atoms. The Morgan fingerprint density at radius 3 is 2.14 bits per heavy atom. The van der Waals surface area contributed by atoms with Crippen LogP contribution in [0.5, 0.6) is 17.2 Å². The molecule has 112 valence electrons. The van der Waals surface area contributed by atoms with Gasteiger partial charge in [-0.25, -0.2) is 0 Å². The van der Waals surface area contributed by atoms with Gasteiger partial charge >= 0.3 is 0 Å². The molecule has 5 heteroatoms. The molecule has 0 spiro atoms. The lowest BCUT2D eigenvalue weighted by Gasteiger charge is -2.16. The summed E-state index contributed by atoms with van der Waals surface area (Å²) in [7, 11) is 3.25. The zero-order chi connectivity index (χ0) is 15.2. The third kappa shape index (κ3) is 3.92. The number of hydrogen-bond acceptors (Lipinski definition) is 3. The van der Waals surface area contributed by atoms with Crippen LogP contribution in [0.1, 0.15) is 11.1 Å². The highest BCUT2D eigenvalue weighted by Gasteiger charge is 2.14. The molecule has 0 aliphatic carbocycles. The fourth-order valence-corrected chi connectivity index (χ4v) is 2.64. The SMILES string of the molecule is COc1cc(CBr)cc(OC)c1OCc1ccccc1Br. The molecule has 2 aromatic rings. The lowest BCUT2D eigenvalue weighted by molar-refractivity contribution is 0.265. The fraction of sp³-hybridized carbons (Fsp3) is 0.250. The van der Waals surface area contributed by atoms with E-state index in [2.05, 4.69) is 31.9 Å². The van der Waals surface area contributed by atoms with Crippen LogP contribution >= 0.6 is 31.9 Å². The molecule has 0 fully saturated rings. The number of benzene rings is 2. The van der Waals surface area contributed by atoms with E-state index in [1.165, 1.54) is 0 Å². The smallest absolute Gasteiger partial charge is 0.203 e. The van der Waals surface area contributed by atoms with Crippen molar-refractivity contribution in [3.8, 4) is 17.2 Å². The predicted molar refractivity (Wildman–Crippen MR) is 90.7 cm³/mol. The molecule has 3 nitrogen and oxygen atoms in total. The van der Waals surface area contributed by atoms with E-state index in [0.29, 0.717) is 23.9 Å². The van der Waals surface area contributed by atoms with Crippen LogP contribution in [-0.2, 0) is 11.9 Å². The summed E-state index contributed by atoms with van der Waals surface area (Å²) in [6, 6.07) is 11.8. The first-order chi connectivity index (χ1) is 10.2. The van der Waals surface area contributed by atoms with Crippen LogP contribution in [0.3, 0.4) is 0 Å². The van der Waals surface area contributed by atoms with E-state index < -0.39 is 0 Å². The maximum atomic E-state index is 5.92. The highest BCUT2D eigenvalue weighted by atomic mass is 79.9. The number of rotatable bonds is 6. The molecule has 0 N–H and O–H groups in total. The minimum absolute atomic E-state index is 0.432. The second kappa shape index (κ2) is 7.71. The van der Waals surface area contributed by atoms with Gasteiger partial charge < -0.3 is 14.2 Å². The van der Waals surface area contributed by atoms with Crippen LogP contribution < -0.4 is 14.2 Å². The van der Waals surface area contributed by atoms with Crippen molar-refractivity contribution < 1.29 is 14.2 Å². The summed E-state index contributed by atoms with van der Waals surface area (Å²) in [6.45, 7) is 0.432. The molecule has 2 rings (SSSR count). The van der Waals surface area contributed by atoms with Gasteiger partial charge in [-0.2, -0.15) is 0 Å². The Balaban J connectivity index is 2.28. The zero-order valence-corrected chi connectivity index (χ0v) is 15.0. The van der Waals surface area contributed by atoms with Gasteiger partial charge in [0.1, 0.15) is 6.61 Å². The molecule has 0 atom stereocenters. The summed E-state index contributed by atoms with van der Waals surface area (Å²) in [5, 5.41) is 0.726. The summed E-state index contributed by atoms with van der Waals surface area (Å²) >= 11 is 6.95. The van der Waals surface area contributed by atoms with Gasteiger partial charge in [0.25, 0.3) is 0 Å². The van der Waals surface area contributed by atoms with Crippen molar-refractivity contribution in [2.75, 3.05) is 14.2 Å². The van der Waals surface area contributed by atoms with Crippen molar-refractivity contribution in [3.63, 3.8) is 0 Å². The monoisotopic (exact) mass is 414 g/mol. The minimum atomic E-state index is 0.432. The van der Waals surface area contributed by atoms with Crippen LogP contribution in [0.4, 0.5) is 0 Å². The molecule has 0 radical (unpaired) electrons. The van der Waals surface area contributed by atoms with Crippen molar-refractivity contribution >= 4 is 31.9 Å². The van der Waals surface area contributed by atoms with Gasteiger partial charge in [0.2, 0.25) is 5.75 Å². The van der Waals surface area contributed by atoms with Crippen molar-refractivity contribution in [2.45, 2.75) is 11.9 Å². The van der Waals surface area contributed by atoms with E-state index in [1.807, 2.05) is 36.4 Å². The first-order valence-corrected chi connectivity index (χ1v) is 8.28. The van der Waals surface area contributed by atoms with Gasteiger partial charge in [0.15, 0.2) is 11.5 Å². The van der Waals surface area contributed by atoms with E-state index in [1.54, 1.807) is 14.2 Å². The summed E-state index contributed by atoms with van der Waals surface area (Å²) in [5.74, 6) is 1.94. The Labute approximate surface area is 141 Å². The fourth-order valence-electron chi connectivity index (χ4n) is 1.92. The highest BCUT2D eigenvalue weighted by molar-refractivity contribution is 9.10. The Bertz CT molecular complexity index is 589. The third-order valence-corrected chi connectivity index (χ3v) is 4.43. The van der Waals surface area contributed by atoms with E-state index in [4.69, 9.17) is 14.2 Å². The molecule has 0 aromatic heterocycles. The average Bonchev–Trinajstić information content (AvgIpc) is 2.53. The van der Waals surface area contributed by atoms with E-state index in [9.17, 15) is 0 Å². The van der Waals surface area contributed by atoms with Gasteiger partial charge in [0.05, 0.1) is 14.2 Å². The number of halogens is 2. The average molecular weight is 416 g/mol. The molecule has 0 unspecified atom stereocenters. The van der Waals surface area contributed by atoms with Gasteiger partial charge in [0, 0.05) is 15.4 Å². The summed E-state index contributed by atoms with van der Waals surface area (Å²) in [5.41, 5.74) is 2.13. The minimum Gasteiger partial charge on any atom is -0.493 e. The predicted octanol–water partition coefficient (Wildman–Crippen LogP) is 4.94. The Morgan fingerprint density at radius 2 is 1.62 bits per heavy atom. The first-order valence-electron chi connectivity index (χ1n) is 6.36. The molecule has 0 heterocycles. The lowest BCUT2D eigenvalue weighted by Crippen LogP contribution is -2.01. The Kier molecular flexibility index (Phi) is 5.94. The van der Waals surface area contributed by atoms with Crippen molar-refractivity contribution in [2.24, 2.45) is 0 Å². The van der Waals surface area contributed by atoms with E-state index >= 15 is 0 Å². The molecule has 0 aliphatic rings. The number of alkyl halides is 1. The second-order valence-corrected chi connectivity index (χ2v) is 5.76. The van der Waals surface area contributed by atoms with Crippen LogP contribution in [0.15, 0.2) is 40.9 Å². The molecule has 2 aromatic carbocycles. The van der Waals surface area contributed by atoms with Crippen molar-refractivity contribution in [3.05, 3.63) is 52.0 Å². The number of methoxy groups -OCH3 is 2. The van der Waals surface area contributed by atoms with Crippen LogP contribution in [0.2, 0.25) is 0 Å². The van der Waals surface area contributed by atoms with Gasteiger partial charge in [-0.05, 0) is 23.8 Å². The molecular formula is C16H16Br2O3. The van der Waals surface area contributed by atoms with Crippen LogP contribution in [0.25, 0.3) is 0 Å².